The molecule has 25 heavy (non-hydrogen) atoms. The SMILES string of the molecule is CCOP(=O)(Cl)OC(=O)[C@H](CC(C)C)Nc1cccc2ccccc12. The first kappa shape index (κ1) is 19.8. The highest BCUT2D eigenvalue weighted by Gasteiger charge is 2.31. The molecule has 0 saturated heterocycles. The molecule has 2 rings (SSSR count). The maximum Gasteiger partial charge on any atom is 0.478 e. The molecule has 1 unspecified atom stereocenters. The topological polar surface area (TPSA) is 64.6 Å². The van der Waals surface area contributed by atoms with E-state index in [0.717, 1.165) is 16.5 Å². The molecular formula is C18H23ClNO4P. The fourth-order valence-corrected chi connectivity index (χ4v) is 3.78. The molecule has 7 heteroatoms. The lowest BCUT2D eigenvalue weighted by molar-refractivity contribution is -0.136. The Morgan fingerprint density at radius 3 is 2.56 bits per heavy atom. The van der Waals surface area contributed by atoms with Crippen LogP contribution in [0.4, 0.5) is 5.69 Å². The number of rotatable bonds is 8. The van der Waals surface area contributed by atoms with Crippen molar-refractivity contribution in [1.82, 2.24) is 0 Å². The molecule has 0 aliphatic rings. The maximum absolute atomic E-state index is 12.5. The Hall–Kier alpha value is -1.55. The predicted octanol–water partition coefficient (Wildman–Crippen LogP) is 5.59. The summed E-state index contributed by atoms with van der Waals surface area (Å²) >= 11 is 5.67. The molecule has 2 aromatic rings. The highest BCUT2D eigenvalue weighted by molar-refractivity contribution is 7.81. The van der Waals surface area contributed by atoms with E-state index in [1.807, 2.05) is 56.3 Å². The first-order chi connectivity index (χ1) is 11.8. The van der Waals surface area contributed by atoms with Crippen molar-refractivity contribution < 1.29 is 18.4 Å². The van der Waals surface area contributed by atoms with Crippen LogP contribution in [-0.4, -0.2) is 18.6 Å². The van der Waals surface area contributed by atoms with Gasteiger partial charge in [-0.2, -0.15) is 0 Å². The van der Waals surface area contributed by atoms with Crippen molar-refractivity contribution in [2.75, 3.05) is 11.9 Å². The van der Waals surface area contributed by atoms with Gasteiger partial charge >= 0.3 is 12.9 Å². The Morgan fingerprint density at radius 2 is 1.88 bits per heavy atom. The van der Waals surface area contributed by atoms with Crippen molar-refractivity contribution in [3.05, 3.63) is 42.5 Å². The molecule has 0 fully saturated rings. The molecular weight excluding hydrogens is 361 g/mol. The minimum Gasteiger partial charge on any atom is -0.379 e. The van der Waals surface area contributed by atoms with E-state index in [1.54, 1.807) is 6.92 Å². The molecule has 1 N–H and O–H groups in total. The third-order valence-corrected chi connectivity index (χ3v) is 5.06. The van der Waals surface area contributed by atoms with Gasteiger partial charge in [-0.1, -0.05) is 50.2 Å². The third kappa shape index (κ3) is 5.74. The summed E-state index contributed by atoms with van der Waals surface area (Å²) in [6.07, 6.45) is 0.505. The summed E-state index contributed by atoms with van der Waals surface area (Å²) in [6, 6.07) is 13.0. The molecule has 136 valence electrons. The van der Waals surface area contributed by atoms with Gasteiger partial charge in [-0.25, -0.2) is 9.36 Å². The summed E-state index contributed by atoms with van der Waals surface area (Å²) in [6.45, 7) is 1.80. The number of benzene rings is 2. The van der Waals surface area contributed by atoms with E-state index in [4.69, 9.17) is 20.3 Å². The number of nitrogens with one attached hydrogen (secondary N) is 1. The molecule has 2 atom stereocenters. The largest absolute Gasteiger partial charge is 0.478 e. The number of hydrogen-bond acceptors (Lipinski definition) is 5. The van der Waals surface area contributed by atoms with Crippen molar-refractivity contribution in [3.63, 3.8) is 0 Å². The van der Waals surface area contributed by atoms with Gasteiger partial charge in [0, 0.05) is 22.3 Å². The lowest BCUT2D eigenvalue weighted by Gasteiger charge is -2.22. The Bertz CT molecular complexity index is 775. The van der Waals surface area contributed by atoms with Gasteiger partial charge in [0.05, 0.1) is 6.61 Å². The molecule has 0 spiro atoms. The van der Waals surface area contributed by atoms with Crippen LogP contribution in [0, 0.1) is 5.92 Å². The van der Waals surface area contributed by atoms with Crippen molar-refractivity contribution in [3.8, 4) is 0 Å². The zero-order valence-electron chi connectivity index (χ0n) is 14.6. The highest BCUT2D eigenvalue weighted by atomic mass is 35.7. The number of halogens is 1. The number of anilines is 1. The van der Waals surface area contributed by atoms with Gasteiger partial charge in [0.2, 0.25) is 0 Å². The van der Waals surface area contributed by atoms with Crippen LogP contribution in [0.25, 0.3) is 10.8 Å². The van der Waals surface area contributed by atoms with E-state index in [1.165, 1.54) is 0 Å². The Labute approximate surface area is 153 Å². The van der Waals surface area contributed by atoms with E-state index >= 15 is 0 Å². The minimum absolute atomic E-state index is 0.0969. The van der Waals surface area contributed by atoms with Crippen molar-refractivity contribution >= 4 is 40.6 Å². The third-order valence-electron chi connectivity index (χ3n) is 3.59. The van der Waals surface area contributed by atoms with Gasteiger partial charge in [0.25, 0.3) is 0 Å². The summed E-state index contributed by atoms with van der Waals surface area (Å²) in [5, 5.41) is 5.26. The number of carbonyl (C=O) groups is 1. The molecule has 0 amide bonds. The standard InChI is InChI=1S/C18H23ClNO4P/c1-4-23-25(19,22)24-18(21)17(12-13(2)3)20-16-11-7-9-14-8-5-6-10-15(14)16/h5-11,13,17,20H,4,12H2,1-3H3/t17-,25?/m0/s1. The van der Waals surface area contributed by atoms with Crippen LogP contribution in [0.2, 0.25) is 0 Å². The van der Waals surface area contributed by atoms with Crippen molar-refractivity contribution in [2.24, 2.45) is 5.92 Å². The van der Waals surface area contributed by atoms with Crippen LogP contribution in [0.5, 0.6) is 0 Å². The summed E-state index contributed by atoms with van der Waals surface area (Å²) in [4.78, 5) is 12.5. The van der Waals surface area contributed by atoms with Gasteiger partial charge in [0.1, 0.15) is 6.04 Å². The van der Waals surface area contributed by atoms with Crippen LogP contribution in [-0.2, 0) is 18.4 Å². The second-order valence-electron chi connectivity index (χ2n) is 6.11. The van der Waals surface area contributed by atoms with Crippen molar-refractivity contribution in [1.29, 1.82) is 0 Å². The molecule has 0 radical (unpaired) electrons. The monoisotopic (exact) mass is 383 g/mol. The molecule has 0 bridgehead atoms. The highest BCUT2D eigenvalue weighted by Crippen LogP contribution is 2.53. The Morgan fingerprint density at radius 1 is 1.20 bits per heavy atom. The van der Waals surface area contributed by atoms with Crippen LogP contribution < -0.4 is 5.32 Å². The number of carbonyl (C=O) groups excluding carboxylic acids is 1. The molecule has 0 heterocycles. The van der Waals surface area contributed by atoms with E-state index in [9.17, 15) is 9.36 Å². The quantitative estimate of drug-likeness (QED) is 0.601. The fourth-order valence-electron chi connectivity index (χ4n) is 2.58. The number of fused-ring (bicyclic) bond motifs is 1. The first-order valence-corrected chi connectivity index (χ1v) is 10.7. The van der Waals surface area contributed by atoms with E-state index in [2.05, 4.69) is 5.32 Å². The zero-order chi connectivity index (χ0) is 18.4. The summed E-state index contributed by atoms with van der Waals surface area (Å²) in [5.74, 6) is -0.463. The Kier molecular flexibility index (Phi) is 6.88. The second kappa shape index (κ2) is 8.70. The molecule has 0 aliphatic heterocycles. The van der Waals surface area contributed by atoms with E-state index in [-0.39, 0.29) is 12.5 Å². The van der Waals surface area contributed by atoms with Crippen LogP contribution in [0.1, 0.15) is 27.2 Å². The zero-order valence-corrected chi connectivity index (χ0v) is 16.2. The summed E-state index contributed by atoms with van der Waals surface area (Å²) in [5.41, 5.74) is 0.807. The molecule has 0 aliphatic carbocycles. The molecule has 0 aromatic heterocycles. The summed E-state index contributed by atoms with van der Waals surface area (Å²) in [7, 11) is 0. The van der Waals surface area contributed by atoms with Crippen LogP contribution in [0.15, 0.2) is 42.5 Å². The van der Waals surface area contributed by atoms with Gasteiger partial charge in [-0.3, -0.25) is 4.52 Å². The predicted molar refractivity (Wildman–Crippen MR) is 102 cm³/mol. The van der Waals surface area contributed by atoms with Gasteiger partial charge in [0.15, 0.2) is 0 Å². The van der Waals surface area contributed by atoms with Crippen LogP contribution in [0.3, 0.4) is 0 Å². The lowest BCUT2D eigenvalue weighted by Crippen LogP contribution is -2.32. The minimum atomic E-state index is -3.92. The van der Waals surface area contributed by atoms with E-state index in [0.29, 0.717) is 6.42 Å². The second-order valence-corrected chi connectivity index (χ2v) is 8.66. The fraction of sp³-hybridized carbons (Fsp3) is 0.389. The average molecular weight is 384 g/mol. The lowest BCUT2D eigenvalue weighted by atomic mass is 10.0. The van der Waals surface area contributed by atoms with Crippen molar-refractivity contribution in [2.45, 2.75) is 33.2 Å². The first-order valence-electron chi connectivity index (χ1n) is 8.24. The normalized spacial score (nSPS) is 14.9. The Balaban J connectivity index is 2.25. The maximum atomic E-state index is 12.5. The van der Waals surface area contributed by atoms with Gasteiger partial charge in [-0.15, -0.1) is 0 Å². The molecule has 2 aromatic carbocycles. The van der Waals surface area contributed by atoms with E-state index < -0.39 is 19.0 Å². The van der Waals surface area contributed by atoms with Gasteiger partial charge in [-0.05, 0) is 30.7 Å². The molecule has 0 saturated carbocycles. The van der Waals surface area contributed by atoms with Gasteiger partial charge < -0.3 is 9.84 Å². The number of hydrogen-bond donors (Lipinski definition) is 1. The average Bonchev–Trinajstić information content (AvgIpc) is 2.53. The smallest absolute Gasteiger partial charge is 0.379 e. The van der Waals surface area contributed by atoms with Crippen LogP contribution >= 0.6 is 18.2 Å². The molecule has 5 nitrogen and oxygen atoms in total. The summed E-state index contributed by atoms with van der Waals surface area (Å²) < 4.78 is 21.7.